The van der Waals surface area contributed by atoms with Crippen LogP contribution in [0.15, 0.2) is 60.7 Å². The van der Waals surface area contributed by atoms with Crippen LogP contribution >= 0.6 is 0 Å². The molecule has 0 saturated heterocycles. The lowest BCUT2D eigenvalue weighted by molar-refractivity contribution is -0.632. The number of para-hydroxylation sites is 1. The van der Waals surface area contributed by atoms with Crippen molar-refractivity contribution in [2.24, 2.45) is 7.05 Å². The van der Waals surface area contributed by atoms with Gasteiger partial charge >= 0.3 is 31.3 Å². The van der Waals surface area contributed by atoms with E-state index in [1.807, 2.05) is 42.5 Å². The van der Waals surface area contributed by atoms with E-state index in [0.29, 0.717) is 24.1 Å². The van der Waals surface area contributed by atoms with Gasteiger partial charge in [-0.1, -0.05) is 24.3 Å². The largest absolute Gasteiger partial charge is 0.534 e. The Labute approximate surface area is 217 Å². The number of fused-ring (bicyclic) bond motifs is 4. The van der Waals surface area contributed by atoms with Crippen LogP contribution in [0.25, 0.3) is 32.9 Å². The van der Waals surface area contributed by atoms with Crippen molar-refractivity contribution < 1.29 is 60.8 Å². The topological polar surface area (TPSA) is 99.9 Å². The highest BCUT2D eigenvalue weighted by molar-refractivity contribution is 7.88. The Morgan fingerprint density at radius 3 is 1.97 bits per heavy atom. The molecule has 4 aromatic rings. The quantitative estimate of drug-likeness (QED) is 0.0917. The van der Waals surface area contributed by atoms with Crippen molar-refractivity contribution in [2.45, 2.75) is 11.0 Å². The molecule has 0 radical (unpaired) electrons. The van der Waals surface area contributed by atoms with Crippen LogP contribution in [-0.2, 0) is 31.5 Å². The normalized spacial score (nSPS) is 13.3. The first-order chi connectivity index (χ1) is 18.0. The van der Waals surface area contributed by atoms with Gasteiger partial charge in [0.15, 0.2) is 0 Å². The molecule has 39 heavy (non-hydrogen) atoms. The third kappa shape index (κ3) is 5.06. The third-order valence-corrected chi connectivity index (χ3v) is 7.56. The van der Waals surface area contributed by atoms with Gasteiger partial charge in [0.25, 0.3) is 0 Å². The standard InChI is InChI=1S/C21H13F3NO4S.C2H3F3O3S/c1-25-16-11-12(29-30(26,27)21(22,23)24)9-10-13(16)14-6-4-8-18-19(14)20(25)15-5-2-3-7-17(15)28-18;1-8-9(6,7)2(3,4)5/h2-11H,1H3;1H3/q+1;. The van der Waals surface area contributed by atoms with Crippen LogP contribution in [0, 0.1) is 0 Å². The second-order valence-electron chi connectivity index (χ2n) is 7.91. The summed E-state index contributed by atoms with van der Waals surface area (Å²) in [5.74, 6) is 0.900. The Balaban J connectivity index is 0.000000340. The number of hydrogen-bond donors (Lipinski definition) is 0. The highest BCUT2D eigenvalue weighted by atomic mass is 32.2. The average Bonchev–Trinajstić information content (AvgIpc) is 2.85. The number of hydrogen-bond acceptors (Lipinski definition) is 7. The van der Waals surface area contributed by atoms with Crippen molar-refractivity contribution in [1.82, 2.24) is 0 Å². The van der Waals surface area contributed by atoms with E-state index in [1.54, 1.807) is 17.7 Å². The molecule has 2 heterocycles. The van der Waals surface area contributed by atoms with Crippen LogP contribution in [-0.4, -0.2) is 35.0 Å². The molecule has 1 aromatic heterocycles. The summed E-state index contributed by atoms with van der Waals surface area (Å²) in [4.78, 5) is 0. The molecule has 3 aromatic carbocycles. The highest BCUT2D eigenvalue weighted by Crippen LogP contribution is 2.46. The van der Waals surface area contributed by atoms with Crippen LogP contribution in [0.5, 0.6) is 17.2 Å². The summed E-state index contributed by atoms with van der Waals surface area (Å²) >= 11 is 0. The number of nitrogens with zero attached hydrogens (tertiary/aromatic N) is 1. The van der Waals surface area contributed by atoms with Crippen molar-refractivity contribution in [2.75, 3.05) is 7.11 Å². The molecule has 0 bridgehead atoms. The van der Waals surface area contributed by atoms with E-state index in [9.17, 15) is 43.2 Å². The first-order valence-electron chi connectivity index (χ1n) is 10.5. The zero-order valence-electron chi connectivity index (χ0n) is 19.7. The molecule has 0 spiro atoms. The minimum atomic E-state index is -5.76. The summed E-state index contributed by atoms with van der Waals surface area (Å²) in [6.07, 6.45) is 0. The SMILES string of the molecule is COS(=O)(=O)C(F)(F)F.C[n+]1c2c3c(cccc3c3ccc(OS(=O)(=O)C(F)(F)F)cc31)Oc1ccccc1-2. The second kappa shape index (κ2) is 9.53. The van der Waals surface area contributed by atoms with Gasteiger partial charge in [0.2, 0.25) is 11.2 Å². The molecule has 0 N–H and O–H groups in total. The number of benzene rings is 3. The third-order valence-electron chi connectivity index (χ3n) is 5.57. The molecule has 0 atom stereocenters. The predicted molar refractivity (Wildman–Crippen MR) is 126 cm³/mol. The molecule has 0 aliphatic carbocycles. The number of rotatable bonds is 3. The minimum absolute atomic E-state index is 0.418. The molecule has 0 unspecified atom stereocenters. The predicted octanol–water partition coefficient (Wildman–Crippen LogP) is 5.30. The summed E-state index contributed by atoms with van der Waals surface area (Å²) in [6.45, 7) is 0. The van der Waals surface area contributed by atoms with Crippen molar-refractivity contribution in [3.63, 3.8) is 0 Å². The molecule has 16 heteroatoms. The smallest absolute Gasteiger partial charge is 0.456 e. The summed E-state index contributed by atoms with van der Waals surface area (Å²) < 4.78 is 129. The van der Waals surface area contributed by atoms with Crippen molar-refractivity contribution >= 4 is 41.9 Å². The van der Waals surface area contributed by atoms with E-state index >= 15 is 0 Å². The average molecular weight is 597 g/mol. The van der Waals surface area contributed by atoms with Gasteiger partial charge in [-0.25, -0.2) is 0 Å². The van der Waals surface area contributed by atoms with Crippen LogP contribution < -0.4 is 13.5 Å². The van der Waals surface area contributed by atoms with Gasteiger partial charge in [0, 0.05) is 5.39 Å². The molecule has 8 nitrogen and oxygen atoms in total. The van der Waals surface area contributed by atoms with E-state index in [1.165, 1.54) is 12.1 Å². The lowest BCUT2D eigenvalue weighted by Gasteiger charge is -2.20. The molecular formula is C23H16F6NO7S2+. The van der Waals surface area contributed by atoms with Gasteiger partial charge in [0.1, 0.15) is 24.3 Å². The van der Waals surface area contributed by atoms with Crippen molar-refractivity contribution in [3.8, 4) is 28.5 Å². The van der Waals surface area contributed by atoms with E-state index in [-0.39, 0.29) is 0 Å². The second-order valence-corrected chi connectivity index (χ2v) is 11.2. The van der Waals surface area contributed by atoms with Crippen LogP contribution in [0.4, 0.5) is 26.3 Å². The number of aromatic nitrogens is 1. The maximum absolute atomic E-state index is 12.7. The van der Waals surface area contributed by atoms with Crippen LogP contribution in [0.3, 0.4) is 0 Å². The van der Waals surface area contributed by atoms with E-state index in [0.717, 1.165) is 27.4 Å². The van der Waals surface area contributed by atoms with Crippen molar-refractivity contribution in [3.05, 3.63) is 60.7 Å². The minimum Gasteiger partial charge on any atom is -0.456 e. The summed E-state index contributed by atoms with van der Waals surface area (Å²) in [7, 11) is -8.89. The maximum Gasteiger partial charge on any atom is 0.534 e. The molecule has 1 aliphatic heterocycles. The zero-order chi connectivity index (χ0) is 29.0. The fourth-order valence-corrected chi connectivity index (χ4v) is 4.54. The van der Waals surface area contributed by atoms with Gasteiger partial charge in [-0.3, -0.25) is 4.18 Å². The van der Waals surface area contributed by atoms with Gasteiger partial charge in [-0.05, 0) is 30.3 Å². The van der Waals surface area contributed by atoms with Gasteiger partial charge < -0.3 is 8.92 Å². The summed E-state index contributed by atoms with van der Waals surface area (Å²) in [5, 5.41) is 2.41. The number of alkyl halides is 6. The molecule has 0 amide bonds. The first kappa shape index (κ1) is 28.4. The fourth-order valence-electron chi connectivity index (χ4n) is 3.90. The summed E-state index contributed by atoms with van der Waals surface area (Å²) in [5.41, 5.74) is -8.67. The molecule has 5 rings (SSSR count). The highest BCUT2D eigenvalue weighted by Gasteiger charge is 2.49. The van der Waals surface area contributed by atoms with Gasteiger partial charge in [-0.2, -0.15) is 47.7 Å². The Hall–Kier alpha value is -3.63. The van der Waals surface area contributed by atoms with Gasteiger partial charge in [-0.15, -0.1) is 0 Å². The zero-order valence-corrected chi connectivity index (χ0v) is 21.3. The molecule has 208 valence electrons. The molecule has 0 saturated carbocycles. The molecule has 1 aliphatic rings. The first-order valence-corrected chi connectivity index (χ1v) is 13.3. The fraction of sp³-hybridized carbons (Fsp3) is 0.174. The monoisotopic (exact) mass is 596 g/mol. The summed E-state index contributed by atoms with van der Waals surface area (Å²) in [6, 6.07) is 17.0. The molecular weight excluding hydrogens is 580 g/mol. The number of ether oxygens (including phenoxy) is 1. The van der Waals surface area contributed by atoms with Crippen LogP contribution in [0.1, 0.15) is 0 Å². The van der Waals surface area contributed by atoms with Crippen LogP contribution in [0.2, 0.25) is 0 Å². The maximum atomic E-state index is 12.7. The lowest BCUT2D eigenvalue weighted by atomic mass is 9.96. The van der Waals surface area contributed by atoms with Gasteiger partial charge in [0.05, 0.1) is 29.5 Å². The Kier molecular flexibility index (Phi) is 6.94. The lowest BCUT2D eigenvalue weighted by Crippen LogP contribution is -2.33. The number of halogens is 6. The Bertz CT molecular complexity index is 1820. The van der Waals surface area contributed by atoms with E-state index < -0.39 is 37.0 Å². The van der Waals surface area contributed by atoms with E-state index in [4.69, 9.17) is 4.74 Å². The Morgan fingerprint density at radius 1 is 0.769 bits per heavy atom. The number of aryl methyl sites for hydroxylation is 1. The van der Waals surface area contributed by atoms with Crippen molar-refractivity contribution in [1.29, 1.82) is 0 Å². The Morgan fingerprint density at radius 2 is 1.38 bits per heavy atom. The number of pyridine rings is 1. The molecule has 0 fully saturated rings. The van der Waals surface area contributed by atoms with E-state index in [2.05, 4.69) is 8.37 Å².